The van der Waals surface area contributed by atoms with Crippen molar-refractivity contribution in [1.29, 1.82) is 0 Å². The maximum Gasteiger partial charge on any atom is 0.337 e. The van der Waals surface area contributed by atoms with Crippen molar-refractivity contribution in [2.24, 2.45) is 0 Å². The summed E-state index contributed by atoms with van der Waals surface area (Å²) in [6, 6.07) is 5.39. The van der Waals surface area contributed by atoms with Crippen LogP contribution in [0.1, 0.15) is 27.2 Å². The first kappa shape index (κ1) is 11.6. The van der Waals surface area contributed by atoms with Crippen molar-refractivity contribution < 1.29 is 9.90 Å². The van der Waals surface area contributed by atoms with Crippen LogP contribution >= 0.6 is 11.3 Å². The molecule has 0 aliphatic heterocycles. The molecular weight excluding hydrogens is 274 g/mol. The zero-order valence-electron chi connectivity index (χ0n) is 10.5. The van der Waals surface area contributed by atoms with Gasteiger partial charge in [-0.1, -0.05) is 0 Å². The average Bonchev–Trinajstić information content (AvgIpc) is 3.10. The summed E-state index contributed by atoms with van der Waals surface area (Å²) in [5.74, 6) is -0.220. The number of carboxylic acid groups (broad SMARTS) is 1. The van der Waals surface area contributed by atoms with Gasteiger partial charge in [0.05, 0.1) is 10.4 Å². The normalized spacial score (nSPS) is 13.8. The molecule has 1 N–H and O–H groups in total. The zero-order valence-corrected chi connectivity index (χ0v) is 11.4. The fourth-order valence-corrected chi connectivity index (χ4v) is 3.86. The summed E-state index contributed by atoms with van der Waals surface area (Å²) in [5.41, 5.74) is 2.30. The van der Waals surface area contributed by atoms with Gasteiger partial charge in [-0.15, -0.1) is 21.5 Å². The summed E-state index contributed by atoms with van der Waals surface area (Å²) in [7, 11) is 0. The van der Waals surface area contributed by atoms with E-state index in [2.05, 4.69) is 16.3 Å². The topological polar surface area (TPSA) is 67.5 Å². The SMILES string of the molecule is O=C(O)c1ccc2nnc(-c3cc4c(s3)CCC4)n2c1. The third-order valence-electron chi connectivity index (χ3n) is 3.62. The molecule has 0 amide bonds. The lowest BCUT2D eigenvalue weighted by Crippen LogP contribution is -1.99. The van der Waals surface area contributed by atoms with Crippen LogP contribution in [0.3, 0.4) is 0 Å². The lowest BCUT2D eigenvalue weighted by atomic mass is 10.2. The Bertz CT molecular complexity index is 813. The summed E-state index contributed by atoms with van der Waals surface area (Å²) in [4.78, 5) is 13.6. The van der Waals surface area contributed by atoms with E-state index in [9.17, 15) is 4.79 Å². The van der Waals surface area contributed by atoms with Gasteiger partial charge in [-0.05, 0) is 43.0 Å². The molecule has 5 nitrogen and oxygen atoms in total. The molecule has 20 heavy (non-hydrogen) atoms. The molecule has 6 heteroatoms. The van der Waals surface area contributed by atoms with Gasteiger partial charge >= 0.3 is 5.97 Å². The average molecular weight is 285 g/mol. The number of aromatic carboxylic acids is 1. The van der Waals surface area contributed by atoms with E-state index in [1.165, 1.54) is 16.9 Å². The van der Waals surface area contributed by atoms with Crippen LogP contribution in [0.15, 0.2) is 24.4 Å². The van der Waals surface area contributed by atoms with Gasteiger partial charge < -0.3 is 5.11 Å². The summed E-state index contributed by atoms with van der Waals surface area (Å²) < 4.78 is 1.75. The maximum absolute atomic E-state index is 11.1. The first-order valence-electron chi connectivity index (χ1n) is 6.42. The molecule has 0 spiro atoms. The maximum atomic E-state index is 11.1. The smallest absolute Gasteiger partial charge is 0.337 e. The van der Waals surface area contributed by atoms with Crippen LogP contribution in [0.2, 0.25) is 0 Å². The number of rotatable bonds is 2. The van der Waals surface area contributed by atoms with Crippen LogP contribution in [0.25, 0.3) is 16.3 Å². The number of hydrogen-bond donors (Lipinski definition) is 1. The lowest BCUT2D eigenvalue weighted by molar-refractivity contribution is 0.0696. The number of hydrogen-bond acceptors (Lipinski definition) is 4. The fourth-order valence-electron chi connectivity index (χ4n) is 2.62. The molecule has 0 saturated carbocycles. The highest BCUT2D eigenvalue weighted by atomic mass is 32.1. The van der Waals surface area contributed by atoms with Crippen LogP contribution in [-0.4, -0.2) is 25.7 Å². The predicted octanol–water partition coefficient (Wildman–Crippen LogP) is 2.64. The van der Waals surface area contributed by atoms with Gasteiger partial charge in [-0.3, -0.25) is 4.40 Å². The van der Waals surface area contributed by atoms with Crippen LogP contribution in [-0.2, 0) is 12.8 Å². The van der Waals surface area contributed by atoms with Gasteiger partial charge in [0.15, 0.2) is 11.5 Å². The Labute approximate surface area is 118 Å². The van der Waals surface area contributed by atoms with Gasteiger partial charge in [0.25, 0.3) is 0 Å². The van der Waals surface area contributed by atoms with Crippen LogP contribution < -0.4 is 0 Å². The fraction of sp³-hybridized carbons (Fsp3) is 0.214. The molecule has 0 aromatic carbocycles. The number of nitrogens with zero attached hydrogens (tertiary/aromatic N) is 3. The van der Waals surface area contributed by atoms with E-state index in [-0.39, 0.29) is 5.56 Å². The van der Waals surface area contributed by atoms with Crippen molar-refractivity contribution in [1.82, 2.24) is 14.6 Å². The Hall–Kier alpha value is -2.21. The van der Waals surface area contributed by atoms with E-state index in [0.717, 1.165) is 23.5 Å². The second kappa shape index (κ2) is 4.14. The largest absolute Gasteiger partial charge is 0.478 e. The molecule has 0 fully saturated rings. The van der Waals surface area contributed by atoms with E-state index in [4.69, 9.17) is 5.11 Å². The first-order chi connectivity index (χ1) is 9.72. The minimum absolute atomic E-state index is 0.239. The van der Waals surface area contributed by atoms with E-state index >= 15 is 0 Å². The van der Waals surface area contributed by atoms with Crippen molar-refractivity contribution >= 4 is 23.0 Å². The molecule has 0 saturated heterocycles. The first-order valence-corrected chi connectivity index (χ1v) is 7.24. The minimum Gasteiger partial charge on any atom is -0.478 e. The molecule has 4 rings (SSSR count). The molecule has 1 aliphatic carbocycles. The monoisotopic (exact) mass is 285 g/mol. The van der Waals surface area contributed by atoms with Gasteiger partial charge in [-0.25, -0.2) is 4.79 Å². The van der Waals surface area contributed by atoms with Crippen molar-refractivity contribution in [2.45, 2.75) is 19.3 Å². The van der Waals surface area contributed by atoms with Crippen molar-refractivity contribution in [3.8, 4) is 10.7 Å². The Balaban J connectivity index is 1.90. The number of pyridine rings is 1. The summed E-state index contributed by atoms with van der Waals surface area (Å²) in [5, 5.41) is 17.4. The summed E-state index contributed by atoms with van der Waals surface area (Å²) in [6.45, 7) is 0. The van der Waals surface area contributed by atoms with Crippen molar-refractivity contribution in [3.05, 3.63) is 40.4 Å². The molecule has 0 unspecified atom stereocenters. The highest BCUT2D eigenvalue weighted by Crippen LogP contribution is 2.35. The molecule has 3 aromatic heterocycles. The zero-order chi connectivity index (χ0) is 13.7. The molecule has 0 atom stereocenters. The number of thiophene rings is 1. The Kier molecular flexibility index (Phi) is 2.40. The van der Waals surface area contributed by atoms with Gasteiger partial charge in [0.1, 0.15) is 0 Å². The Morgan fingerprint density at radius 1 is 1.30 bits per heavy atom. The number of aryl methyl sites for hydroxylation is 2. The summed E-state index contributed by atoms with van der Waals surface area (Å²) in [6.07, 6.45) is 5.07. The molecule has 3 aromatic rings. The quantitative estimate of drug-likeness (QED) is 0.786. The van der Waals surface area contributed by atoms with E-state index in [1.54, 1.807) is 34.1 Å². The third kappa shape index (κ3) is 1.65. The summed E-state index contributed by atoms with van der Waals surface area (Å²) >= 11 is 1.74. The number of aromatic nitrogens is 3. The Morgan fingerprint density at radius 3 is 3.00 bits per heavy atom. The van der Waals surface area contributed by atoms with Gasteiger partial charge in [0.2, 0.25) is 0 Å². The molecular formula is C14H11N3O2S. The molecule has 0 bridgehead atoms. The van der Waals surface area contributed by atoms with E-state index in [0.29, 0.717) is 5.65 Å². The van der Waals surface area contributed by atoms with Crippen LogP contribution in [0, 0.1) is 0 Å². The van der Waals surface area contributed by atoms with Crippen LogP contribution in [0.5, 0.6) is 0 Å². The lowest BCUT2D eigenvalue weighted by Gasteiger charge is -1.99. The highest BCUT2D eigenvalue weighted by Gasteiger charge is 2.19. The molecule has 100 valence electrons. The molecule has 3 heterocycles. The number of fused-ring (bicyclic) bond motifs is 2. The molecule has 1 aliphatic rings. The number of carboxylic acids is 1. The second-order valence-electron chi connectivity index (χ2n) is 4.89. The standard InChI is InChI=1S/C14H11N3O2S/c18-14(19)9-4-5-12-15-16-13(17(12)7-9)11-6-8-2-1-3-10(8)20-11/h4-7H,1-3H2,(H,18,19). The van der Waals surface area contributed by atoms with Crippen molar-refractivity contribution in [2.75, 3.05) is 0 Å². The van der Waals surface area contributed by atoms with E-state index < -0.39 is 5.97 Å². The molecule has 0 radical (unpaired) electrons. The van der Waals surface area contributed by atoms with Crippen molar-refractivity contribution in [3.63, 3.8) is 0 Å². The Morgan fingerprint density at radius 2 is 2.20 bits per heavy atom. The van der Waals surface area contributed by atoms with Gasteiger partial charge in [-0.2, -0.15) is 0 Å². The second-order valence-corrected chi connectivity index (χ2v) is 6.02. The predicted molar refractivity (Wildman–Crippen MR) is 75.3 cm³/mol. The highest BCUT2D eigenvalue weighted by molar-refractivity contribution is 7.15. The third-order valence-corrected chi connectivity index (χ3v) is 4.85. The minimum atomic E-state index is -0.944. The van der Waals surface area contributed by atoms with Crippen LogP contribution in [0.4, 0.5) is 0 Å². The van der Waals surface area contributed by atoms with E-state index in [1.807, 2.05) is 0 Å². The van der Waals surface area contributed by atoms with Gasteiger partial charge in [0, 0.05) is 11.1 Å². The number of carbonyl (C=O) groups is 1.